The molecule has 21 heavy (non-hydrogen) atoms. The Kier molecular flexibility index (Phi) is 10.2. The Balaban J connectivity index is 0. The zero-order chi connectivity index (χ0) is 14.6. The van der Waals surface area contributed by atoms with E-state index >= 15 is 0 Å². The molecule has 126 valence electrons. The third-order valence-corrected chi connectivity index (χ3v) is 3.33. The summed E-state index contributed by atoms with van der Waals surface area (Å²) in [6.45, 7) is 1.38. The Morgan fingerprint density at radius 3 is 2.14 bits per heavy atom. The number of carboxylic acid groups (broad SMARTS) is 1. The fourth-order valence-electron chi connectivity index (χ4n) is 2.40. The molecule has 0 aliphatic carbocycles. The molecule has 0 aromatic heterocycles. The number of nitrogens with two attached hydrogens (primary N) is 1. The van der Waals surface area contributed by atoms with Crippen LogP contribution in [0.2, 0.25) is 0 Å². The number of piperidine rings is 1. The van der Waals surface area contributed by atoms with Crippen LogP contribution in [0, 0.1) is 0 Å². The number of carboxylic acids is 1. The first-order chi connectivity index (χ1) is 8.73. The number of likely N-dealkylation sites (tertiary alicyclic amines) is 1. The van der Waals surface area contributed by atoms with E-state index in [4.69, 9.17) is 10.8 Å². The second-order valence-electron chi connectivity index (χ2n) is 5.49. The van der Waals surface area contributed by atoms with Crippen LogP contribution in [0.25, 0.3) is 0 Å². The Hall–Kier alpha value is -0.600. The Labute approximate surface area is 137 Å². The highest BCUT2D eigenvalue weighted by molar-refractivity contribution is 5.86. The van der Waals surface area contributed by atoms with Gasteiger partial charge in [0, 0.05) is 19.6 Å². The summed E-state index contributed by atoms with van der Waals surface area (Å²) in [5, 5.41) is 18.9. The first-order valence-electron chi connectivity index (χ1n) is 6.37. The minimum absolute atomic E-state index is 0. The Bertz CT molecular complexity index is 347. The number of aliphatic carboxylic acids is 1. The fourth-order valence-corrected chi connectivity index (χ4v) is 2.40. The Morgan fingerprint density at radius 1 is 1.29 bits per heavy atom. The van der Waals surface area contributed by atoms with E-state index in [0.717, 1.165) is 0 Å². The van der Waals surface area contributed by atoms with Crippen molar-refractivity contribution in [2.24, 2.45) is 5.73 Å². The summed E-state index contributed by atoms with van der Waals surface area (Å²) in [5.41, 5.74) is 4.77. The summed E-state index contributed by atoms with van der Waals surface area (Å²) in [6, 6.07) is -1.00. The van der Waals surface area contributed by atoms with Crippen LogP contribution in [0.3, 0.4) is 0 Å². The van der Waals surface area contributed by atoms with Crippen molar-refractivity contribution in [2.45, 2.75) is 30.9 Å². The molecule has 0 aromatic rings. The summed E-state index contributed by atoms with van der Waals surface area (Å²) in [4.78, 5) is 25.9. The van der Waals surface area contributed by atoms with E-state index in [9.17, 15) is 14.7 Å². The predicted molar refractivity (Wildman–Crippen MR) is 84.0 cm³/mol. The molecule has 7 nitrogen and oxygen atoms in total. The van der Waals surface area contributed by atoms with Gasteiger partial charge in [0.15, 0.2) is 0 Å². The highest BCUT2D eigenvalue weighted by atomic mass is 35.5. The van der Waals surface area contributed by atoms with E-state index in [0.29, 0.717) is 32.5 Å². The molecule has 1 heterocycles. The number of rotatable bonds is 5. The molecule has 0 spiro atoms. The number of aliphatic hydroxyl groups is 1. The smallest absolute Gasteiger partial charge is 0.305 e. The van der Waals surface area contributed by atoms with Crippen molar-refractivity contribution in [2.75, 3.05) is 33.7 Å². The van der Waals surface area contributed by atoms with Gasteiger partial charge in [-0.25, -0.2) is 0 Å². The average Bonchev–Trinajstić information content (AvgIpc) is 2.26. The number of likely N-dealkylation sites (N-methyl/N-ethyl adjacent to an activating group) is 1. The SMILES string of the molecule is CN(C)CC1(O)CCN(C(=O)[C@@H](N)CC(=O)O)CC1.Cl.Cl. The molecule has 0 radical (unpaired) electrons. The van der Waals surface area contributed by atoms with Gasteiger partial charge in [0.2, 0.25) is 5.91 Å². The van der Waals surface area contributed by atoms with Crippen molar-refractivity contribution < 1.29 is 19.8 Å². The van der Waals surface area contributed by atoms with Crippen molar-refractivity contribution in [3.63, 3.8) is 0 Å². The molecule has 1 amide bonds. The summed E-state index contributed by atoms with van der Waals surface area (Å²) < 4.78 is 0. The summed E-state index contributed by atoms with van der Waals surface area (Å²) >= 11 is 0. The van der Waals surface area contributed by atoms with E-state index < -0.39 is 17.6 Å². The van der Waals surface area contributed by atoms with Gasteiger partial charge in [-0.2, -0.15) is 0 Å². The molecule has 0 saturated carbocycles. The van der Waals surface area contributed by atoms with Gasteiger partial charge in [-0.3, -0.25) is 9.59 Å². The zero-order valence-corrected chi connectivity index (χ0v) is 14.0. The maximum atomic E-state index is 11.9. The van der Waals surface area contributed by atoms with Gasteiger partial charge in [-0.05, 0) is 26.9 Å². The van der Waals surface area contributed by atoms with Gasteiger partial charge in [0.05, 0.1) is 18.1 Å². The second kappa shape index (κ2) is 9.42. The molecule has 1 aliphatic rings. The van der Waals surface area contributed by atoms with Crippen molar-refractivity contribution in [3.05, 3.63) is 0 Å². The highest BCUT2D eigenvalue weighted by Crippen LogP contribution is 2.23. The summed E-state index contributed by atoms with van der Waals surface area (Å²) in [7, 11) is 3.77. The van der Waals surface area contributed by atoms with Crippen LogP contribution in [0.4, 0.5) is 0 Å². The van der Waals surface area contributed by atoms with Crippen LogP contribution >= 0.6 is 24.8 Å². The van der Waals surface area contributed by atoms with Crippen molar-refractivity contribution in [1.82, 2.24) is 9.80 Å². The van der Waals surface area contributed by atoms with Crippen molar-refractivity contribution in [1.29, 1.82) is 0 Å². The number of nitrogens with zero attached hydrogens (tertiary/aromatic N) is 2. The summed E-state index contributed by atoms with van der Waals surface area (Å²) in [5.74, 6) is -1.43. The molecule has 0 aromatic carbocycles. The second-order valence-corrected chi connectivity index (χ2v) is 5.49. The predicted octanol–water partition coefficient (Wildman–Crippen LogP) is -0.453. The third kappa shape index (κ3) is 7.28. The third-order valence-electron chi connectivity index (χ3n) is 3.33. The number of carbonyl (C=O) groups is 2. The van der Waals surface area contributed by atoms with Crippen LogP contribution in [0.15, 0.2) is 0 Å². The summed E-state index contributed by atoms with van der Waals surface area (Å²) in [6.07, 6.45) is 0.602. The average molecular weight is 346 g/mol. The number of halogens is 2. The van der Waals surface area contributed by atoms with Crippen molar-refractivity contribution in [3.8, 4) is 0 Å². The molecular weight excluding hydrogens is 321 g/mol. The Morgan fingerprint density at radius 2 is 1.76 bits per heavy atom. The molecule has 0 bridgehead atoms. The van der Waals surface area contributed by atoms with Crippen LogP contribution in [0.5, 0.6) is 0 Å². The van der Waals surface area contributed by atoms with Gasteiger partial charge in [0.1, 0.15) is 0 Å². The molecule has 4 N–H and O–H groups in total. The maximum absolute atomic E-state index is 11.9. The van der Waals surface area contributed by atoms with Gasteiger partial charge in [0.25, 0.3) is 0 Å². The lowest BCUT2D eigenvalue weighted by Gasteiger charge is -2.40. The molecular formula is C12H25Cl2N3O4. The normalized spacial score (nSPS) is 18.4. The van der Waals surface area contributed by atoms with Crippen LogP contribution < -0.4 is 5.73 Å². The van der Waals surface area contributed by atoms with E-state index in [-0.39, 0.29) is 37.1 Å². The van der Waals surface area contributed by atoms with Gasteiger partial charge in [-0.1, -0.05) is 0 Å². The first kappa shape index (κ1) is 22.7. The number of hydrogen-bond acceptors (Lipinski definition) is 5. The maximum Gasteiger partial charge on any atom is 0.305 e. The monoisotopic (exact) mass is 345 g/mol. The van der Waals surface area contributed by atoms with Crippen LogP contribution in [-0.2, 0) is 9.59 Å². The topological polar surface area (TPSA) is 107 Å². The lowest BCUT2D eigenvalue weighted by molar-refractivity contribution is -0.144. The van der Waals surface area contributed by atoms with E-state index in [2.05, 4.69) is 0 Å². The van der Waals surface area contributed by atoms with E-state index in [1.165, 1.54) is 4.90 Å². The minimum Gasteiger partial charge on any atom is -0.481 e. The highest BCUT2D eigenvalue weighted by Gasteiger charge is 2.35. The number of hydrogen-bond donors (Lipinski definition) is 3. The fraction of sp³-hybridized carbons (Fsp3) is 0.833. The van der Waals surface area contributed by atoms with Gasteiger partial charge < -0.3 is 25.7 Å². The standard InChI is InChI=1S/C12H23N3O4.2ClH/c1-14(2)8-12(19)3-5-15(6-4-12)11(18)9(13)7-10(16)17;;/h9,19H,3-8,13H2,1-2H3,(H,16,17);2*1H/t9-;;/m0../s1. The quantitative estimate of drug-likeness (QED) is 0.622. The minimum atomic E-state index is -1.08. The van der Waals surface area contributed by atoms with Crippen LogP contribution in [-0.4, -0.2) is 77.3 Å². The van der Waals surface area contributed by atoms with E-state index in [1.54, 1.807) is 0 Å². The van der Waals surface area contributed by atoms with E-state index in [1.807, 2.05) is 19.0 Å². The zero-order valence-electron chi connectivity index (χ0n) is 12.3. The molecule has 9 heteroatoms. The molecule has 1 saturated heterocycles. The van der Waals surface area contributed by atoms with Gasteiger partial charge in [-0.15, -0.1) is 24.8 Å². The lowest BCUT2D eigenvalue weighted by atomic mass is 9.90. The first-order valence-corrected chi connectivity index (χ1v) is 6.37. The molecule has 1 fully saturated rings. The van der Waals surface area contributed by atoms with Gasteiger partial charge >= 0.3 is 5.97 Å². The lowest BCUT2D eigenvalue weighted by Crippen LogP contribution is -2.54. The largest absolute Gasteiger partial charge is 0.481 e. The molecule has 1 rings (SSSR count). The molecule has 0 unspecified atom stereocenters. The van der Waals surface area contributed by atoms with Crippen LogP contribution in [0.1, 0.15) is 19.3 Å². The number of carbonyl (C=O) groups excluding carboxylic acids is 1. The molecule has 1 aliphatic heterocycles. The number of amides is 1. The molecule has 1 atom stereocenters. The van der Waals surface area contributed by atoms with Crippen molar-refractivity contribution >= 4 is 36.7 Å².